The second kappa shape index (κ2) is 5.05. The molecule has 0 saturated heterocycles. The highest BCUT2D eigenvalue weighted by Crippen LogP contribution is 2.33. The summed E-state index contributed by atoms with van der Waals surface area (Å²) in [6, 6.07) is 5.91. The molecule has 0 aliphatic heterocycles. The molecule has 0 fully saturated rings. The smallest absolute Gasteiger partial charge is 0.119 e. The number of terminal acetylenes is 1. The van der Waals surface area contributed by atoms with Crippen molar-refractivity contribution in [2.24, 2.45) is 0 Å². The van der Waals surface area contributed by atoms with Crippen LogP contribution in [0.1, 0.15) is 36.5 Å². The van der Waals surface area contributed by atoms with Crippen LogP contribution in [0.3, 0.4) is 0 Å². The number of unbranched alkanes of at least 4 members (excludes halogenated alkanes) is 1. The highest BCUT2D eigenvalue weighted by atomic mass is 16.5. The van der Waals surface area contributed by atoms with Crippen LogP contribution in [0.15, 0.2) is 18.2 Å². The summed E-state index contributed by atoms with van der Waals surface area (Å²) in [5.41, 5.74) is 2.26. The number of aliphatic hydroxyl groups is 1. The number of aliphatic hydroxyl groups excluding tert-OH is 1. The molecule has 2 rings (SSSR count). The minimum Gasteiger partial charge on any atom is -0.494 e. The van der Waals surface area contributed by atoms with Gasteiger partial charge in [-0.1, -0.05) is 6.07 Å². The van der Waals surface area contributed by atoms with Crippen LogP contribution in [-0.4, -0.2) is 11.7 Å². The largest absolute Gasteiger partial charge is 0.494 e. The summed E-state index contributed by atoms with van der Waals surface area (Å²) in [7, 11) is 0. The van der Waals surface area contributed by atoms with Crippen molar-refractivity contribution in [2.75, 3.05) is 6.61 Å². The third kappa shape index (κ3) is 2.37. The fourth-order valence-corrected chi connectivity index (χ4v) is 2.03. The highest BCUT2D eigenvalue weighted by molar-refractivity contribution is 5.39. The zero-order valence-electron chi connectivity index (χ0n) is 9.28. The summed E-state index contributed by atoms with van der Waals surface area (Å²) >= 11 is 0. The van der Waals surface area contributed by atoms with E-state index in [0.717, 1.165) is 37.0 Å². The summed E-state index contributed by atoms with van der Waals surface area (Å²) in [5.74, 6) is 3.47. The van der Waals surface area contributed by atoms with Crippen molar-refractivity contribution in [1.29, 1.82) is 0 Å². The van der Waals surface area contributed by atoms with E-state index in [1.165, 1.54) is 5.56 Å². The molecule has 0 radical (unpaired) electrons. The van der Waals surface area contributed by atoms with Gasteiger partial charge in [-0.25, -0.2) is 0 Å². The van der Waals surface area contributed by atoms with Gasteiger partial charge in [0.15, 0.2) is 0 Å². The number of fused-ring (bicyclic) bond motifs is 1. The van der Waals surface area contributed by atoms with Gasteiger partial charge in [0, 0.05) is 6.42 Å². The van der Waals surface area contributed by atoms with E-state index in [2.05, 4.69) is 5.92 Å². The number of hydrogen-bond donors (Lipinski definition) is 1. The van der Waals surface area contributed by atoms with E-state index in [1.54, 1.807) is 0 Å². The monoisotopic (exact) mass is 216 g/mol. The summed E-state index contributed by atoms with van der Waals surface area (Å²) < 4.78 is 5.59. The molecule has 0 heterocycles. The fourth-order valence-electron chi connectivity index (χ4n) is 2.03. The van der Waals surface area contributed by atoms with Crippen molar-refractivity contribution in [3.63, 3.8) is 0 Å². The SMILES string of the molecule is C#CCCCOc1ccc2c(c1)CC[C@@H]2O. The third-order valence-electron chi connectivity index (χ3n) is 2.89. The molecule has 2 nitrogen and oxygen atoms in total. The van der Waals surface area contributed by atoms with Gasteiger partial charge in [0.2, 0.25) is 0 Å². The lowest BCUT2D eigenvalue weighted by Gasteiger charge is -2.08. The lowest BCUT2D eigenvalue weighted by atomic mass is 10.1. The molecule has 2 heteroatoms. The van der Waals surface area contributed by atoms with Crippen LogP contribution in [0.4, 0.5) is 0 Å². The molecule has 16 heavy (non-hydrogen) atoms. The Bertz CT molecular complexity index is 404. The number of ether oxygens (including phenoxy) is 1. The lowest BCUT2D eigenvalue weighted by molar-refractivity contribution is 0.180. The summed E-state index contributed by atoms with van der Waals surface area (Å²) in [6.45, 7) is 0.658. The molecule has 1 atom stereocenters. The molecule has 0 saturated carbocycles. The van der Waals surface area contributed by atoms with Crippen molar-refractivity contribution < 1.29 is 9.84 Å². The maximum atomic E-state index is 9.66. The molecule has 1 aromatic rings. The van der Waals surface area contributed by atoms with E-state index < -0.39 is 0 Å². The first-order valence-corrected chi connectivity index (χ1v) is 5.68. The van der Waals surface area contributed by atoms with Crippen molar-refractivity contribution in [1.82, 2.24) is 0 Å². The highest BCUT2D eigenvalue weighted by Gasteiger charge is 2.20. The van der Waals surface area contributed by atoms with Gasteiger partial charge in [-0.05, 0) is 42.5 Å². The first kappa shape index (κ1) is 11.0. The molecule has 1 aliphatic rings. The predicted molar refractivity (Wildman–Crippen MR) is 63.3 cm³/mol. The van der Waals surface area contributed by atoms with Crippen LogP contribution < -0.4 is 4.74 Å². The topological polar surface area (TPSA) is 29.5 Å². The van der Waals surface area contributed by atoms with E-state index in [4.69, 9.17) is 11.2 Å². The first-order valence-electron chi connectivity index (χ1n) is 5.68. The molecule has 84 valence electrons. The van der Waals surface area contributed by atoms with Crippen molar-refractivity contribution in [2.45, 2.75) is 31.8 Å². The third-order valence-corrected chi connectivity index (χ3v) is 2.89. The fraction of sp³-hybridized carbons (Fsp3) is 0.429. The van der Waals surface area contributed by atoms with E-state index in [9.17, 15) is 5.11 Å². The Kier molecular flexibility index (Phi) is 3.48. The quantitative estimate of drug-likeness (QED) is 0.619. The van der Waals surface area contributed by atoms with Crippen LogP contribution in [-0.2, 0) is 6.42 Å². The minimum absolute atomic E-state index is 0.287. The van der Waals surface area contributed by atoms with E-state index >= 15 is 0 Å². The maximum Gasteiger partial charge on any atom is 0.119 e. The van der Waals surface area contributed by atoms with Gasteiger partial charge in [0.1, 0.15) is 5.75 Å². The first-order chi connectivity index (χ1) is 7.81. The molecule has 1 aromatic carbocycles. The molecule has 0 spiro atoms. The molecular formula is C14H16O2. The van der Waals surface area contributed by atoms with Crippen LogP contribution in [0, 0.1) is 12.3 Å². The second-order valence-electron chi connectivity index (χ2n) is 4.07. The molecular weight excluding hydrogens is 200 g/mol. The molecule has 0 aromatic heterocycles. The Labute approximate surface area is 96.3 Å². The minimum atomic E-state index is -0.287. The zero-order chi connectivity index (χ0) is 11.4. The number of aryl methyl sites for hydroxylation is 1. The van der Waals surface area contributed by atoms with Crippen molar-refractivity contribution >= 4 is 0 Å². The van der Waals surface area contributed by atoms with Gasteiger partial charge >= 0.3 is 0 Å². The van der Waals surface area contributed by atoms with E-state index in [-0.39, 0.29) is 6.10 Å². The molecule has 1 aliphatic carbocycles. The van der Waals surface area contributed by atoms with Crippen molar-refractivity contribution in [3.8, 4) is 18.1 Å². The van der Waals surface area contributed by atoms with Gasteiger partial charge in [-0.2, -0.15) is 0 Å². The maximum absolute atomic E-state index is 9.66. The van der Waals surface area contributed by atoms with Crippen molar-refractivity contribution in [3.05, 3.63) is 29.3 Å². The van der Waals surface area contributed by atoms with Gasteiger partial charge in [-0.15, -0.1) is 12.3 Å². The van der Waals surface area contributed by atoms with Gasteiger partial charge in [-0.3, -0.25) is 0 Å². The van der Waals surface area contributed by atoms with Gasteiger partial charge < -0.3 is 9.84 Å². The summed E-state index contributed by atoms with van der Waals surface area (Å²) in [6.07, 6.45) is 8.29. The van der Waals surface area contributed by atoms with Gasteiger partial charge in [0.25, 0.3) is 0 Å². The van der Waals surface area contributed by atoms with E-state index in [1.807, 2.05) is 18.2 Å². The second-order valence-corrected chi connectivity index (χ2v) is 4.07. The Balaban J connectivity index is 1.95. The molecule has 0 amide bonds. The predicted octanol–water partition coefficient (Wildman–Crippen LogP) is 2.46. The van der Waals surface area contributed by atoms with Crippen LogP contribution >= 0.6 is 0 Å². The zero-order valence-corrected chi connectivity index (χ0v) is 9.28. The molecule has 0 unspecified atom stereocenters. The lowest BCUT2D eigenvalue weighted by Crippen LogP contribution is -1.97. The normalized spacial score (nSPS) is 17.9. The summed E-state index contributed by atoms with van der Waals surface area (Å²) in [4.78, 5) is 0. The van der Waals surface area contributed by atoms with Crippen LogP contribution in [0.25, 0.3) is 0 Å². The van der Waals surface area contributed by atoms with Crippen LogP contribution in [0.5, 0.6) is 5.75 Å². The van der Waals surface area contributed by atoms with Gasteiger partial charge in [0.05, 0.1) is 12.7 Å². The molecule has 0 bridgehead atoms. The molecule has 1 N–H and O–H groups in total. The average Bonchev–Trinajstić information content (AvgIpc) is 2.66. The Morgan fingerprint density at radius 3 is 3.19 bits per heavy atom. The Morgan fingerprint density at radius 1 is 1.50 bits per heavy atom. The summed E-state index contributed by atoms with van der Waals surface area (Å²) in [5, 5.41) is 9.66. The number of benzene rings is 1. The standard InChI is InChI=1S/C14H16O2/c1-2-3-4-9-16-12-6-7-13-11(10-12)5-8-14(13)15/h1,6-7,10,14-15H,3-5,8-9H2/t14-/m0/s1. The van der Waals surface area contributed by atoms with Crippen LogP contribution in [0.2, 0.25) is 0 Å². The Hall–Kier alpha value is -1.46. The number of rotatable bonds is 4. The average molecular weight is 216 g/mol. The number of hydrogen-bond acceptors (Lipinski definition) is 2. The van der Waals surface area contributed by atoms with E-state index in [0.29, 0.717) is 6.61 Å². The Morgan fingerprint density at radius 2 is 2.38 bits per heavy atom.